The molecule has 1 aliphatic rings. The number of carboxylic acids is 1. The number of nitrogens with one attached hydrogen (secondary N) is 1. The first-order chi connectivity index (χ1) is 10.0. The normalized spacial score (nSPS) is 18.3. The molecule has 21 heavy (non-hydrogen) atoms. The highest BCUT2D eigenvalue weighted by Crippen LogP contribution is 2.25. The lowest BCUT2D eigenvalue weighted by Crippen LogP contribution is -2.44. The van der Waals surface area contributed by atoms with Gasteiger partial charge in [0, 0.05) is 20.2 Å². The van der Waals surface area contributed by atoms with Crippen LogP contribution in [-0.4, -0.2) is 53.4 Å². The number of phenolic OH excluding ortho intramolecular Hbond substituents is 1. The van der Waals surface area contributed by atoms with Crippen molar-refractivity contribution in [3.8, 4) is 5.75 Å². The second-order valence-corrected chi connectivity index (χ2v) is 4.91. The van der Waals surface area contributed by atoms with Crippen molar-refractivity contribution in [3.63, 3.8) is 0 Å². The number of urea groups is 1. The van der Waals surface area contributed by atoms with Crippen LogP contribution in [0.1, 0.15) is 23.2 Å². The summed E-state index contributed by atoms with van der Waals surface area (Å²) in [6, 6.07) is 3.46. The van der Waals surface area contributed by atoms with Gasteiger partial charge in [-0.15, -0.1) is 0 Å². The SMILES string of the molecule is COC1CCCN(C(=O)Nc2ccc(C(=O)O)cc2O)C1. The topological polar surface area (TPSA) is 99.1 Å². The highest BCUT2D eigenvalue weighted by molar-refractivity contribution is 5.93. The third-order valence-corrected chi connectivity index (χ3v) is 3.48. The molecule has 7 nitrogen and oxygen atoms in total. The number of likely N-dealkylation sites (tertiary alicyclic amines) is 1. The van der Waals surface area contributed by atoms with E-state index in [0.29, 0.717) is 13.1 Å². The van der Waals surface area contributed by atoms with E-state index in [0.717, 1.165) is 18.9 Å². The van der Waals surface area contributed by atoms with E-state index >= 15 is 0 Å². The number of amides is 2. The maximum Gasteiger partial charge on any atom is 0.335 e. The number of anilines is 1. The predicted octanol–water partition coefficient (Wildman–Crippen LogP) is 1.73. The number of carboxylic acid groups (broad SMARTS) is 1. The third kappa shape index (κ3) is 3.63. The summed E-state index contributed by atoms with van der Waals surface area (Å²) in [6.07, 6.45) is 1.79. The van der Waals surface area contributed by atoms with E-state index in [2.05, 4.69) is 5.32 Å². The summed E-state index contributed by atoms with van der Waals surface area (Å²) in [5, 5.41) is 21.2. The molecule has 1 heterocycles. The number of piperidine rings is 1. The van der Waals surface area contributed by atoms with Gasteiger partial charge in [-0.3, -0.25) is 0 Å². The number of ether oxygens (including phenoxy) is 1. The molecule has 0 radical (unpaired) electrons. The van der Waals surface area contributed by atoms with Crippen LogP contribution in [0.25, 0.3) is 0 Å². The number of aromatic hydroxyl groups is 1. The summed E-state index contributed by atoms with van der Waals surface area (Å²) < 4.78 is 5.25. The van der Waals surface area contributed by atoms with Gasteiger partial charge in [0.25, 0.3) is 0 Å². The van der Waals surface area contributed by atoms with E-state index in [-0.39, 0.29) is 29.1 Å². The second-order valence-electron chi connectivity index (χ2n) is 4.91. The number of phenols is 1. The van der Waals surface area contributed by atoms with Crippen molar-refractivity contribution in [1.82, 2.24) is 4.90 Å². The zero-order valence-electron chi connectivity index (χ0n) is 11.7. The lowest BCUT2D eigenvalue weighted by atomic mass is 10.1. The molecule has 1 aromatic rings. The number of carbonyl (C=O) groups is 2. The Morgan fingerprint density at radius 1 is 1.43 bits per heavy atom. The van der Waals surface area contributed by atoms with E-state index < -0.39 is 5.97 Å². The van der Waals surface area contributed by atoms with Gasteiger partial charge in [0.2, 0.25) is 0 Å². The fraction of sp³-hybridized carbons (Fsp3) is 0.429. The number of methoxy groups -OCH3 is 1. The summed E-state index contributed by atoms with van der Waals surface area (Å²) in [7, 11) is 1.61. The highest BCUT2D eigenvalue weighted by atomic mass is 16.5. The molecule has 3 N–H and O–H groups in total. The Balaban J connectivity index is 2.04. The molecule has 2 rings (SSSR count). The molecular weight excluding hydrogens is 276 g/mol. The van der Waals surface area contributed by atoms with Crippen LogP contribution >= 0.6 is 0 Å². The molecule has 1 aromatic carbocycles. The van der Waals surface area contributed by atoms with Crippen molar-refractivity contribution in [2.24, 2.45) is 0 Å². The number of aromatic carboxylic acids is 1. The van der Waals surface area contributed by atoms with Crippen LogP contribution in [0, 0.1) is 0 Å². The van der Waals surface area contributed by atoms with Crippen molar-refractivity contribution >= 4 is 17.7 Å². The van der Waals surface area contributed by atoms with Gasteiger partial charge in [-0.25, -0.2) is 9.59 Å². The predicted molar refractivity (Wildman–Crippen MR) is 75.7 cm³/mol. The van der Waals surface area contributed by atoms with E-state index in [1.165, 1.54) is 12.1 Å². The second kappa shape index (κ2) is 6.45. The average Bonchev–Trinajstić information content (AvgIpc) is 2.49. The third-order valence-electron chi connectivity index (χ3n) is 3.48. The molecule has 0 saturated carbocycles. The number of hydrogen-bond donors (Lipinski definition) is 3. The van der Waals surface area contributed by atoms with E-state index in [1.807, 2.05) is 0 Å². The van der Waals surface area contributed by atoms with Gasteiger partial charge in [-0.2, -0.15) is 0 Å². The average molecular weight is 294 g/mol. The summed E-state index contributed by atoms with van der Waals surface area (Å²) >= 11 is 0. The van der Waals surface area contributed by atoms with Gasteiger partial charge < -0.3 is 25.2 Å². The molecular formula is C14H18N2O5. The largest absolute Gasteiger partial charge is 0.506 e. The number of nitrogens with zero attached hydrogens (tertiary/aromatic N) is 1. The lowest BCUT2D eigenvalue weighted by molar-refractivity contribution is 0.0458. The Morgan fingerprint density at radius 2 is 2.19 bits per heavy atom. The maximum absolute atomic E-state index is 12.1. The standard InChI is InChI=1S/C14H18N2O5/c1-21-10-3-2-6-16(8-10)14(20)15-11-5-4-9(13(18)19)7-12(11)17/h4-5,7,10,17H,2-3,6,8H2,1H3,(H,15,20)(H,18,19). The molecule has 0 aliphatic carbocycles. The minimum absolute atomic E-state index is 0.0208. The monoisotopic (exact) mass is 294 g/mol. The zero-order chi connectivity index (χ0) is 15.4. The molecule has 1 fully saturated rings. The van der Waals surface area contributed by atoms with Crippen molar-refractivity contribution in [2.45, 2.75) is 18.9 Å². The first-order valence-corrected chi connectivity index (χ1v) is 6.66. The van der Waals surface area contributed by atoms with Crippen LogP contribution in [0.3, 0.4) is 0 Å². The molecule has 7 heteroatoms. The van der Waals surface area contributed by atoms with Crippen LogP contribution in [-0.2, 0) is 4.74 Å². The first kappa shape index (κ1) is 15.1. The minimum Gasteiger partial charge on any atom is -0.506 e. The lowest BCUT2D eigenvalue weighted by Gasteiger charge is -2.31. The fourth-order valence-electron chi connectivity index (χ4n) is 2.28. The Morgan fingerprint density at radius 3 is 2.81 bits per heavy atom. The fourth-order valence-corrected chi connectivity index (χ4v) is 2.28. The van der Waals surface area contributed by atoms with Crippen LogP contribution in [0.4, 0.5) is 10.5 Å². The number of benzene rings is 1. The van der Waals surface area contributed by atoms with Gasteiger partial charge in [-0.05, 0) is 31.0 Å². The van der Waals surface area contributed by atoms with Crippen LogP contribution in [0.2, 0.25) is 0 Å². The molecule has 1 aliphatic heterocycles. The Bertz CT molecular complexity index is 546. The molecule has 1 saturated heterocycles. The van der Waals surface area contributed by atoms with Crippen LogP contribution < -0.4 is 5.32 Å². The summed E-state index contributed by atoms with van der Waals surface area (Å²) in [4.78, 5) is 24.5. The van der Waals surface area contributed by atoms with E-state index in [9.17, 15) is 14.7 Å². The Labute approximate surface area is 122 Å². The smallest absolute Gasteiger partial charge is 0.335 e. The summed E-state index contributed by atoms with van der Waals surface area (Å²) in [5.41, 5.74) is 0.146. The van der Waals surface area contributed by atoms with Gasteiger partial charge in [0.05, 0.1) is 17.4 Å². The van der Waals surface area contributed by atoms with Crippen LogP contribution in [0.5, 0.6) is 5.75 Å². The first-order valence-electron chi connectivity index (χ1n) is 6.66. The number of rotatable bonds is 3. The minimum atomic E-state index is -1.14. The van der Waals surface area contributed by atoms with Crippen molar-refractivity contribution in [3.05, 3.63) is 23.8 Å². The number of carbonyl (C=O) groups excluding carboxylic acids is 1. The molecule has 1 atom stereocenters. The van der Waals surface area contributed by atoms with Gasteiger partial charge >= 0.3 is 12.0 Å². The maximum atomic E-state index is 12.1. The highest BCUT2D eigenvalue weighted by Gasteiger charge is 2.24. The molecule has 1 unspecified atom stereocenters. The Kier molecular flexibility index (Phi) is 4.64. The molecule has 114 valence electrons. The van der Waals surface area contributed by atoms with Crippen LogP contribution in [0.15, 0.2) is 18.2 Å². The molecule has 0 aromatic heterocycles. The quantitative estimate of drug-likeness (QED) is 0.737. The molecule has 2 amide bonds. The number of hydrogen-bond acceptors (Lipinski definition) is 4. The molecule has 0 bridgehead atoms. The zero-order valence-corrected chi connectivity index (χ0v) is 11.7. The molecule has 0 spiro atoms. The Hall–Kier alpha value is -2.28. The van der Waals surface area contributed by atoms with Gasteiger partial charge in [-0.1, -0.05) is 0 Å². The summed E-state index contributed by atoms with van der Waals surface area (Å²) in [5.74, 6) is -1.41. The van der Waals surface area contributed by atoms with Gasteiger partial charge in [0.1, 0.15) is 5.75 Å². The van der Waals surface area contributed by atoms with Crippen molar-refractivity contribution in [1.29, 1.82) is 0 Å². The summed E-state index contributed by atoms with van der Waals surface area (Å²) in [6.45, 7) is 1.12. The van der Waals surface area contributed by atoms with Gasteiger partial charge in [0.15, 0.2) is 0 Å². The van der Waals surface area contributed by atoms with Crippen molar-refractivity contribution in [2.75, 3.05) is 25.5 Å². The van der Waals surface area contributed by atoms with E-state index in [1.54, 1.807) is 12.0 Å². The van der Waals surface area contributed by atoms with E-state index in [4.69, 9.17) is 9.84 Å². The van der Waals surface area contributed by atoms with Crippen molar-refractivity contribution < 1.29 is 24.5 Å².